The van der Waals surface area contributed by atoms with Crippen LogP contribution in [0.3, 0.4) is 0 Å². The molecule has 0 aromatic carbocycles. The summed E-state index contributed by atoms with van der Waals surface area (Å²) < 4.78 is 33.5. The maximum absolute atomic E-state index is 12.8. The highest BCUT2D eigenvalue weighted by molar-refractivity contribution is 7.89. The summed E-state index contributed by atoms with van der Waals surface area (Å²) in [6, 6.07) is 0.701. The first-order valence-electron chi connectivity index (χ1n) is 11.9. The molecule has 0 spiro atoms. The first-order chi connectivity index (χ1) is 15.8. The van der Waals surface area contributed by atoms with Crippen LogP contribution in [0.25, 0.3) is 0 Å². The van der Waals surface area contributed by atoms with Crippen molar-refractivity contribution in [3.63, 3.8) is 0 Å². The van der Waals surface area contributed by atoms with Crippen molar-refractivity contribution in [2.75, 3.05) is 65.7 Å². The first kappa shape index (κ1) is 24.5. The molecule has 3 saturated heterocycles. The summed E-state index contributed by atoms with van der Waals surface area (Å²) >= 11 is 0. The summed E-state index contributed by atoms with van der Waals surface area (Å²) in [6.07, 6.45) is 5.14. The lowest BCUT2D eigenvalue weighted by atomic mass is 10.0. The van der Waals surface area contributed by atoms with Crippen LogP contribution in [0.2, 0.25) is 0 Å². The molecular weight excluding hydrogens is 446 g/mol. The van der Waals surface area contributed by atoms with E-state index in [4.69, 9.17) is 0 Å². The van der Waals surface area contributed by atoms with Gasteiger partial charge in [0.2, 0.25) is 10.0 Å². The van der Waals surface area contributed by atoms with Crippen molar-refractivity contribution in [3.05, 3.63) is 11.9 Å². The van der Waals surface area contributed by atoms with Crippen LogP contribution in [0.15, 0.2) is 6.20 Å². The Bertz CT molecular complexity index is 892. The third kappa shape index (κ3) is 6.30. The van der Waals surface area contributed by atoms with Crippen molar-refractivity contribution >= 4 is 16.0 Å². The second kappa shape index (κ2) is 10.8. The number of piperazine rings is 1. The van der Waals surface area contributed by atoms with Crippen molar-refractivity contribution in [1.82, 2.24) is 34.0 Å². The Balaban J connectivity index is 1.25. The first-order valence-corrected chi connectivity index (χ1v) is 13.6. The van der Waals surface area contributed by atoms with Crippen LogP contribution < -0.4 is 0 Å². The number of esters is 1. The molecule has 1 aromatic rings. The van der Waals surface area contributed by atoms with Gasteiger partial charge in [-0.2, -0.15) is 4.31 Å². The lowest BCUT2D eigenvalue weighted by molar-refractivity contribution is -0.140. The van der Waals surface area contributed by atoms with Gasteiger partial charge in [0.1, 0.15) is 0 Å². The second-order valence-electron chi connectivity index (χ2n) is 9.48. The van der Waals surface area contributed by atoms with Gasteiger partial charge >= 0.3 is 5.97 Å². The molecule has 33 heavy (non-hydrogen) atoms. The number of aryl methyl sites for hydroxylation is 1. The lowest BCUT2D eigenvalue weighted by Gasteiger charge is -2.43. The molecule has 0 N–H and O–H groups in total. The van der Waals surface area contributed by atoms with Gasteiger partial charge < -0.3 is 9.64 Å². The zero-order chi connectivity index (χ0) is 23.4. The zero-order valence-electron chi connectivity index (χ0n) is 19.8. The van der Waals surface area contributed by atoms with Crippen molar-refractivity contribution in [1.29, 1.82) is 0 Å². The third-order valence-electron chi connectivity index (χ3n) is 7.20. The molecule has 3 aliphatic rings. The van der Waals surface area contributed by atoms with Gasteiger partial charge in [-0.05, 0) is 39.4 Å². The Morgan fingerprint density at radius 1 is 1.09 bits per heavy atom. The molecule has 186 valence electrons. The number of carbonyl (C=O) groups is 1. The predicted molar refractivity (Wildman–Crippen MR) is 123 cm³/mol. The molecule has 4 heterocycles. The monoisotopic (exact) mass is 483 g/mol. The van der Waals surface area contributed by atoms with E-state index in [2.05, 4.69) is 36.8 Å². The SMILES string of the molecule is COC(=O)CCCn1cc(CN2CC(N3CCN(C4CCN(C)CC4)CC3)CS2(=O)=O)nn1. The van der Waals surface area contributed by atoms with Gasteiger partial charge in [-0.15, -0.1) is 5.10 Å². The van der Waals surface area contributed by atoms with Gasteiger partial charge in [0.25, 0.3) is 0 Å². The van der Waals surface area contributed by atoms with Crippen LogP contribution in [0, 0.1) is 0 Å². The van der Waals surface area contributed by atoms with Crippen LogP contribution in [0.5, 0.6) is 0 Å². The quantitative estimate of drug-likeness (QED) is 0.451. The average Bonchev–Trinajstić information content (AvgIpc) is 3.38. The molecule has 0 saturated carbocycles. The minimum Gasteiger partial charge on any atom is -0.469 e. The van der Waals surface area contributed by atoms with E-state index in [-0.39, 0.29) is 24.3 Å². The van der Waals surface area contributed by atoms with Crippen molar-refractivity contribution < 1.29 is 17.9 Å². The number of likely N-dealkylation sites (tertiary alicyclic amines) is 1. The third-order valence-corrected chi connectivity index (χ3v) is 9.07. The highest BCUT2D eigenvalue weighted by Gasteiger charge is 2.40. The van der Waals surface area contributed by atoms with Crippen LogP contribution in [0.1, 0.15) is 31.4 Å². The van der Waals surface area contributed by atoms with Gasteiger partial charge in [-0.25, -0.2) is 8.42 Å². The van der Waals surface area contributed by atoms with Crippen molar-refractivity contribution in [3.8, 4) is 0 Å². The molecule has 1 unspecified atom stereocenters. The average molecular weight is 484 g/mol. The maximum Gasteiger partial charge on any atom is 0.305 e. The number of ether oxygens (including phenoxy) is 1. The number of nitrogens with zero attached hydrogens (tertiary/aromatic N) is 7. The topological polar surface area (TPSA) is 104 Å². The normalized spacial score (nSPS) is 26.1. The molecular formula is C21H37N7O4S. The number of aromatic nitrogens is 3. The lowest BCUT2D eigenvalue weighted by Crippen LogP contribution is -2.55. The summed E-state index contributed by atoms with van der Waals surface area (Å²) in [5.74, 6) is -0.0779. The van der Waals surface area contributed by atoms with E-state index >= 15 is 0 Å². The zero-order valence-corrected chi connectivity index (χ0v) is 20.6. The Hall–Kier alpha value is -1.60. The number of hydrogen-bond donors (Lipinski definition) is 0. The summed E-state index contributed by atoms with van der Waals surface area (Å²) in [5, 5.41) is 8.20. The number of rotatable bonds is 8. The Kier molecular flexibility index (Phi) is 8.00. The smallest absolute Gasteiger partial charge is 0.305 e. The molecule has 3 aliphatic heterocycles. The Labute approximate surface area is 196 Å². The summed E-state index contributed by atoms with van der Waals surface area (Å²) in [6.45, 7) is 7.51. The number of hydrogen-bond acceptors (Lipinski definition) is 9. The van der Waals surface area contributed by atoms with Crippen molar-refractivity contribution in [2.24, 2.45) is 0 Å². The standard InChI is InChI=1S/C21H37N7O4S/c1-24-8-5-19(6-9-24)25-10-12-26(13-11-25)20-16-28(33(30,31)17-20)15-18-14-27(23-22-18)7-3-4-21(29)32-2/h14,19-20H,3-13,15-17H2,1-2H3. The summed E-state index contributed by atoms with van der Waals surface area (Å²) in [4.78, 5) is 18.6. The fraction of sp³-hybridized carbons (Fsp3) is 0.857. The number of methoxy groups -OCH3 is 1. The molecule has 12 heteroatoms. The minimum absolute atomic E-state index is 0.0322. The van der Waals surface area contributed by atoms with Crippen LogP contribution >= 0.6 is 0 Å². The fourth-order valence-corrected chi connectivity index (χ4v) is 6.89. The predicted octanol–water partition coefficient (Wildman–Crippen LogP) is -0.543. The van der Waals surface area contributed by atoms with Crippen LogP contribution in [-0.4, -0.2) is 126 Å². The van der Waals surface area contributed by atoms with Gasteiger partial charge in [0.15, 0.2) is 0 Å². The molecule has 0 bridgehead atoms. The molecule has 0 radical (unpaired) electrons. The highest BCUT2D eigenvalue weighted by atomic mass is 32.2. The van der Waals surface area contributed by atoms with Gasteiger partial charge in [-0.1, -0.05) is 5.21 Å². The van der Waals surface area contributed by atoms with Crippen LogP contribution in [0.4, 0.5) is 0 Å². The van der Waals surface area contributed by atoms with Crippen LogP contribution in [-0.2, 0) is 32.6 Å². The Morgan fingerprint density at radius 2 is 1.76 bits per heavy atom. The largest absolute Gasteiger partial charge is 0.469 e. The Morgan fingerprint density at radius 3 is 2.42 bits per heavy atom. The second-order valence-corrected chi connectivity index (χ2v) is 11.5. The maximum atomic E-state index is 12.8. The molecule has 11 nitrogen and oxygen atoms in total. The van der Waals surface area contributed by atoms with E-state index in [0.717, 1.165) is 39.3 Å². The number of piperidine rings is 1. The van der Waals surface area contributed by atoms with E-state index in [1.807, 2.05) is 0 Å². The molecule has 3 fully saturated rings. The molecule has 0 aliphatic carbocycles. The molecule has 4 rings (SSSR count). The van der Waals surface area contributed by atoms with E-state index < -0.39 is 10.0 Å². The van der Waals surface area contributed by atoms with E-state index in [9.17, 15) is 13.2 Å². The highest BCUT2D eigenvalue weighted by Crippen LogP contribution is 2.24. The summed E-state index contributed by atoms with van der Waals surface area (Å²) in [7, 11) is 0.245. The number of sulfonamides is 1. The molecule has 1 aromatic heterocycles. The van der Waals surface area contributed by atoms with E-state index in [1.165, 1.54) is 20.0 Å². The van der Waals surface area contributed by atoms with E-state index in [1.54, 1.807) is 15.2 Å². The molecule has 0 amide bonds. The van der Waals surface area contributed by atoms with Gasteiger partial charge in [0, 0.05) is 64.0 Å². The molecule has 1 atom stereocenters. The van der Waals surface area contributed by atoms with Gasteiger partial charge in [0.05, 0.1) is 25.1 Å². The van der Waals surface area contributed by atoms with Gasteiger partial charge in [-0.3, -0.25) is 19.3 Å². The summed E-state index contributed by atoms with van der Waals surface area (Å²) in [5.41, 5.74) is 0.629. The van der Waals surface area contributed by atoms with E-state index in [0.29, 0.717) is 37.7 Å². The fourth-order valence-electron chi connectivity index (χ4n) is 5.15. The van der Waals surface area contributed by atoms with Crippen molar-refractivity contribution in [2.45, 2.75) is 50.9 Å². The minimum atomic E-state index is -3.31. The number of carbonyl (C=O) groups excluding carboxylic acids is 1.